The van der Waals surface area contributed by atoms with Crippen molar-refractivity contribution in [2.45, 2.75) is 69.2 Å². The van der Waals surface area contributed by atoms with Gasteiger partial charge in [0.25, 0.3) is 0 Å². The van der Waals surface area contributed by atoms with Gasteiger partial charge in [0.15, 0.2) is 0 Å². The average Bonchev–Trinajstić information content (AvgIpc) is 2.92. The molecule has 3 nitrogen and oxygen atoms in total. The molecular weight excluding hydrogens is 212 g/mol. The Morgan fingerprint density at radius 1 is 1.12 bits per heavy atom. The van der Waals surface area contributed by atoms with Crippen molar-refractivity contribution in [3.05, 3.63) is 0 Å². The van der Waals surface area contributed by atoms with Crippen LogP contribution in [0.1, 0.15) is 44.9 Å². The van der Waals surface area contributed by atoms with E-state index in [0.717, 1.165) is 24.0 Å². The van der Waals surface area contributed by atoms with Crippen LogP contribution in [0.15, 0.2) is 0 Å². The molecule has 0 amide bonds. The Hall–Kier alpha value is -0.120. The maximum absolute atomic E-state index is 5.36. The minimum absolute atomic E-state index is 0.525. The number of nitrogens with one attached hydrogen (secondary N) is 2. The molecule has 1 aliphatic heterocycles. The lowest BCUT2D eigenvalue weighted by molar-refractivity contribution is 0.0122. The molecule has 3 unspecified atom stereocenters. The summed E-state index contributed by atoms with van der Waals surface area (Å²) in [6.07, 6.45) is 9.97. The summed E-state index contributed by atoms with van der Waals surface area (Å²) in [4.78, 5) is 0. The summed E-state index contributed by atoms with van der Waals surface area (Å²) >= 11 is 0. The topological polar surface area (TPSA) is 33.3 Å². The van der Waals surface area contributed by atoms with Gasteiger partial charge in [0, 0.05) is 25.2 Å². The Labute approximate surface area is 105 Å². The van der Waals surface area contributed by atoms with E-state index in [2.05, 4.69) is 10.6 Å². The van der Waals surface area contributed by atoms with Crippen LogP contribution in [-0.2, 0) is 4.74 Å². The van der Waals surface area contributed by atoms with Gasteiger partial charge in [-0.1, -0.05) is 6.42 Å². The van der Waals surface area contributed by atoms with E-state index in [-0.39, 0.29) is 0 Å². The zero-order valence-electron chi connectivity index (χ0n) is 11.0. The first-order valence-electron chi connectivity index (χ1n) is 7.39. The monoisotopic (exact) mass is 238 g/mol. The fourth-order valence-corrected chi connectivity index (χ4v) is 3.95. The minimum Gasteiger partial charge on any atom is -0.381 e. The van der Waals surface area contributed by atoms with Crippen LogP contribution in [0.4, 0.5) is 0 Å². The first-order chi connectivity index (χ1) is 8.36. The summed E-state index contributed by atoms with van der Waals surface area (Å²) in [5.74, 6) is 0.888. The largest absolute Gasteiger partial charge is 0.381 e. The van der Waals surface area contributed by atoms with E-state index in [9.17, 15) is 0 Å². The number of hydrogen-bond acceptors (Lipinski definition) is 3. The molecule has 2 aliphatic carbocycles. The van der Waals surface area contributed by atoms with E-state index < -0.39 is 0 Å². The fraction of sp³-hybridized carbons (Fsp3) is 1.00. The van der Waals surface area contributed by atoms with Crippen molar-refractivity contribution < 1.29 is 4.74 Å². The Balaban J connectivity index is 1.48. The van der Waals surface area contributed by atoms with Crippen molar-refractivity contribution in [3.63, 3.8) is 0 Å². The number of rotatable bonds is 4. The Morgan fingerprint density at radius 2 is 2.00 bits per heavy atom. The molecule has 98 valence electrons. The highest BCUT2D eigenvalue weighted by Crippen LogP contribution is 2.34. The molecule has 3 rings (SSSR count). The first kappa shape index (κ1) is 11.9. The highest BCUT2D eigenvalue weighted by atomic mass is 16.5. The van der Waals surface area contributed by atoms with Gasteiger partial charge in [-0.25, -0.2) is 0 Å². The van der Waals surface area contributed by atoms with Crippen molar-refractivity contribution in [1.29, 1.82) is 0 Å². The summed E-state index contributed by atoms with van der Waals surface area (Å²) in [5, 5.41) is 7.58. The predicted octanol–water partition coefficient (Wildman–Crippen LogP) is 1.67. The molecule has 0 aromatic rings. The Bertz CT molecular complexity index is 247. The zero-order chi connectivity index (χ0) is 11.7. The predicted molar refractivity (Wildman–Crippen MR) is 69.1 cm³/mol. The molecule has 0 radical (unpaired) electrons. The van der Waals surface area contributed by atoms with Crippen LogP contribution < -0.4 is 10.6 Å². The summed E-state index contributed by atoms with van der Waals surface area (Å²) in [6.45, 7) is 1.24. The lowest BCUT2D eigenvalue weighted by Crippen LogP contribution is -2.52. The number of methoxy groups -OCH3 is 1. The van der Waals surface area contributed by atoms with Crippen LogP contribution in [0.3, 0.4) is 0 Å². The highest BCUT2D eigenvalue weighted by molar-refractivity contribution is 4.97. The van der Waals surface area contributed by atoms with Crippen molar-refractivity contribution in [2.24, 2.45) is 5.92 Å². The Morgan fingerprint density at radius 3 is 2.71 bits per heavy atom. The van der Waals surface area contributed by atoms with Gasteiger partial charge in [-0.05, 0) is 51.0 Å². The Kier molecular flexibility index (Phi) is 3.69. The third kappa shape index (κ3) is 2.51. The summed E-state index contributed by atoms with van der Waals surface area (Å²) in [7, 11) is 1.84. The van der Waals surface area contributed by atoms with Gasteiger partial charge in [0.05, 0.1) is 6.10 Å². The second-order valence-electron chi connectivity index (χ2n) is 6.10. The zero-order valence-corrected chi connectivity index (χ0v) is 11.0. The standard InChI is InChI=1S/C14H26N2O/c1-17-11-8-10(9-11)16-14-5-2-4-12(14)13-6-3-7-15-13/h10-16H,2-9H2,1H3. The SMILES string of the molecule is COC1CC(NC2CCCC2C2CCCN2)C1. The van der Waals surface area contributed by atoms with Gasteiger partial charge in [-0.15, -0.1) is 0 Å². The molecular formula is C14H26N2O. The molecule has 0 bridgehead atoms. The number of ether oxygens (including phenoxy) is 1. The van der Waals surface area contributed by atoms with Crippen LogP contribution in [-0.4, -0.2) is 37.9 Å². The molecule has 3 atom stereocenters. The van der Waals surface area contributed by atoms with E-state index >= 15 is 0 Å². The lowest BCUT2D eigenvalue weighted by atomic mass is 9.86. The average molecular weight is 238 g/mol. The molecule has 1 heterocycles. The maximum Gasteiger partial charge on any atom is 0.0601 e. The minimum atomic E-state index is 0.525. The molecule has 0 aromatic heterocycles. The summed E-state index contributed by atoms with van der Waals surface area (Å²) < 4.78 is 5.36. The van der Waals surface area contributed by atoms with E-state index in [1.165, 1.54) is 51.5 Å². The summed E-state index contributed by atoms with van der Waals surface area (Å²) in [5.41, 5.74) is 0. The van der Waals surface area contributed by atoms with Crippen LogP contribution in [0, 0.1) is 5.92 Å². The lowest BCUT2D eigenvalue weighted by Gasteiger charge is -2.39. The van der Waals surface area contributed by atoms with Crippen molar-refractivity contribution in [3.8, 4) is 0 Å². The van der Waals surface area contributed by atoms with Crippen molar-refractivity contribution in [2.75, 3.05) is 13.7 Å². The molecule has 3 fully saturated rings. The van der Waals surface area contributed by atoms with E-state index in [1.54, 1.807) is 0 Å². The van der Waals surface area contributed by atoms with E-state index in [0.29, 0.717) is 6.10 Å². The number of hydrogen-bond donors (Lipinski definition) is 2. The smallest absolute Gasteiger partial charge is 0.0601 e. The molecule has 3 heteroatoms. The van der Waals surface area contributed by atoms with E-state index in [1.807, 2.05) is 7.11 Å². The molecule has 17 heavy (non-hydrogen) atoms. The molecule has 0 aromatic carbocycles. The second kappa shape index (κ2) is 5.25. The molecule has 3 aliphatic rings. The molecule has 2 saturated carbocycles. The van der Waals surface area contributed by atoms with Gasteiger partial charge in [-0.2, -0.15) is 0 Å². The van der Waals surface area contributed by atoms with Gasteiger partial charge in [0.2, 0.25) is 0 Å². The van der Waals surface area contributed by atoms with Gasteiger partial charge < -0.3 is 15.4 Å². The molecule has 2 N–H and O–H groups in total. The third-order valence-electron chi connectivity index (χ3n) is 5.06. The maximum atomic E-state index is 5.36. The normalized spacial score (nSPS) is 46.1. The van der Waals surface area contributed by atoms with Crippen molar-refractivity contribution >= 4 is 0 Å². The van der Waals surface area contributed by atoms with Crippen LogP contribution in [0.5, 0.6) is 0 Å². The summed E-state index contributed by atoms with van der Waals surface area (Å²) in [6, 6.07) is 2.30. The quantitative estimate of drug-likeness (QED) is 0.782. The van der Waals surface area contributed by atoms with E-state index in [4.69, 9.17) is 4.74 Å². The van der Waals surface area contributed by atoms with Gasteiger partial charge in [-0.3, -0.25) is 0 Å². The van der Waals surface area contributed by atoms with Crippen LogP contribution in [0.2, 0.25) is 0 Å². The second-order valence-corrected chi connectivity index (χ2v) is 6.10. The van der Waals surface area contributed by atoms with Crippen LogP contribution in [0.25, 0.3) is 0 Å². The molecule has 1 saturated heterocycles. The third-order valence-corrected chi connectivity index (χ3v) is 5.06. The fourth-order valence-electron chi connectivity index (χ4n) is 3.95. The van der Waals surface area contributed by atoms with Crippen LogP contribution >= 0.6 is 0 Å². The first-order valence-corrected chi connectivity index (χ1v) is 7.39. The van der Waals surface area contributed by atoms with Gasteiger partial charge >= 0.3 is 0 Å². The van der Waals surface area contributed by atoms with Crippen molar-refractivity contribution in [1.82, 2.24) is 10.6 Å². The highest BCUT2D eigenvalue weighted by Gasteiger charge is 2.38. The molecule has 0 spiro atoms. The van der Waals surface area contributed by atoms with Gasteiger partial charge in [0.1, 0.15) is 0 Å².